The molecule has 7 aromatic heterocycles. The molecule has 7 atom stereocenters. The van der Waals surface area contributed by atoms with E-state index < -0.39 is 84.2 Å². The number of rotatable bonds is 12. The molecular weight excluding hydrogens is 1260 g/mol. The molecule has 10 bridgehead atoms. The number of carbonyl (C=O) groups is 6. The molecule has 24 nitrogen and oxygen atoms in total. The van der Waals surface area contributed by atoms with Crippen LogP contribution in [0.5, 0.6) is 5.75 Å². The SMILES string of the molecule is Cc1sc2nc1C(=O)N[C@@H]([C@H](O)c1ccccc1)c1nc(cs1)C(=O)N[C@@H](Cc1ccc(OCCN3CCOCC3)cc1)C(=O)N1C[C@H](O)[C@H](C)[C@H]1c1nc(cs1)-c1nc(cs1)-c1nc(-c3nc(C(N)=O)cs3)ccc1-c1nc(cs1)C(=O)N[C@H]2CC(N)=O. The summed E-state index contributed by atoms with van der Waals surface area (Å²) in [5, 5.41) is 42.7. The maximum atomic E-state index is 15.4. The number of hydrogen-bond acceptors (Lipinski definition) is 24. The van der Waals surface area contributed by atoms with Gasteiger partial charge in [0.05, 0.1) is 43.5 Å². The minimum Gasteiger partial charge on any atom is -0.492 e. The van der Waals surface area contributed by atoms with Crippen molar-refractivity contribution in [3.63, 3.8) is 0 Å². The van der Waals surface area contributed by atoms with Gasteiger partial charge in [-0.15, -0.1) is 68.0 Å². The van der Waals surface area contributed by atoms with Crippen molar-refractivity contribution in [1.29, 1.82) is 0 Å². The molecule has 3 aliphatic heterocycles. The summed E-state index contributed by atoms with van der Waals surface area (Å²) in [4.78, 5) is 121. The van der Waals surface area contributed by atoms with Crippen molar-refractivity contribution >= 4 is 103 Å². The van der Waals surface area contributed by atoms with Crippen LogP contribution in [0.15, 0.2) is 93.6 Å². The van der Waals surface area contributed by atoms with E-state index in [1.54, 1.807) is 65.0 Å². The predicted octanol–water partition coefficient (Wildman–Crippen LogP) is 6.39. The van der Waals surface area contributed by atoms with Crippen LogP contribution in [0, 0.1) is 12.8 Å². The van der Waals surface area contributed by atoms with Gasteiger partial charge in [0.25, 0.3) is 23.6 Å². The highest BCUT2D eigenvalue weighted by atomic mass is 32.1. The number of morpholine rings is 1. The lowest BCUT2D eigenvalue weighted by Crippen LogP contribution is -2.50. The lowest BCUT2D eigenvalue weighted by atomic mass is 10.00. The van der Waals surface area contributed by atoms with Crippen LogP contribution >= 0.6 is 68.0 Å². The van der Waals surface area contributed by atoms with Gasteiger partial charge in [-0.05, 0) is 42.3 Å². The molecule has 89 heavy (non-hydrogen) atoms. The number of aliphatic hydroxyl groups excluding tert-OH is 2. The summed E-state index contributed by atoms with van der Waals surface area (Å²) in [6.07, 6.45) is -2.74. The number of nitrogens with zero attached hydrogens (tertiary/aromatic N) is 9. The molecule has 3 aliphatic rings. The fourth-order valence-electron chi connectivity index (χ4n) is 10.5. The number of nitrogens with one attached hydrogen (secondary N) is 3. The number of aliphatic hydroxyl groups is 2. The largest absolute Gasteiger partial charge is 0.492 e. The van der Waals surface area contributed by atoms with Crippen LogP contribution in [0.2, 0.25) is 0 Å². The quantitative estimate of drug-likeness (QED) is 0.0696. The van der Waals surface area contributed by atoms with Gasteiger partial charge in [0.15, 0.2) is 0 Å². The third kappa shape index (κ3) is 13.4. The zero-order valence-corrected chi connectivity index (χ0v) is 52.3. The van der Waals surface area contributed by atoms with Crippen molar-refractivity contribution in [3.8, 4) is 49.1 Å². The molecule has 0 radical (unpaired) electrons. The minimum absolute atomic E-state index is 0.0148. The molecule has 0 saturated carbocycles. The number of fused-ring (bicyclic) bond motifs is 16. The lowest BCUT2D eigenvalue weighted by molar-refractivity contribution is -0.134. The van der Waals surface area contributed by atoms with Crippen LogP contribution in [0.1, 0.15) is 111 Å². The molecule has 9 aromatic rings. The van der Waals surface area contributed by atoms with Gasteiger partial charge in [-0.2, -0.15) is 0 Å². The van der Waals surface area contributed by atoms with Crippen molar-refractivity contribution in [3.05, 3.63) is 147 Å². The Morgan fingerprint density at radius 2 is 1.36 bits per heavy atom. The van der Waals surface area contributed by atoms with E-state index in [1.807, 2.05) is 36.6 Å². The third-order valence-corrected chi connectivity index (χ3v) is 20.8. The third-order valence-electron chi connectivity index (χ3n) is 15.2. The van der Waals surface area contributed by atoms with E-state index in [1.165, 1.54) is 44.8 Å². The van der Waals surface area contributed by atoms with E-state index in [2.05, 4.69) is 30.8 Å². The standard InChI is InChI=1S/C59H56N14O10S6/c1-28-42(74)22-73-47(28)58-69-41(27-88-58)55-65-37(23-85-55)45-33(12-13-34(62-45)54-66-38(24-86-54)49(61)77)53-67-39(25-84-53)50(78)63-35(21-43(60)75)56-71-44(29(2)89-56)52(80)70-46(48(76)31-6-4-3-5-7-31)57-68-40(26-87-57)51(79)64-36(59(73)81)20-30-8-10-32(11-9-30)83-19-16-72-14-17-82-18-15-72/h3-13,23-28,35-36,42,46-48,74,76H,14-22H2,1-2H3,(H2,60,75)(H2,61,77)(H,63,78)(H,64,79)(H,70,80)/t28-,35-,36-,42-,46-,47-,48+/m0/s1. The van der Waals surface area contributed by atoms with Crippen molar-refractivity contribution in [2.45, 2.75) is 63.1 Å². The number of ether oxygens (including phenoxy) is 2. The minimum atomic E-state index is -1.40. The number of nitrogens with two attached hydrogens (primary N) is 2. The fraction of sp³-hybridized carbons (Fsp3) is 0.305. The summed E-state index contributed by atoms with van der Waals surface area (Å²) in [6.45, 7) is 7.59. The number of carbonyl (C=O) groups excluding carboxylic acids is 6. The Kier molecular flexibility index (Phi) is 18.2. The first kappa shape index (κ1) is 61.1. The first-order chi connectivity index (χ1) is 43.0. The van der Waals surface area contributed by atoms with Gasteiger partial charge >= 0.3 is 0 Å². The van der Waals surface area contributed by atoms with Gasteiger partial charge in [0.1, 0.15) is 100 Å². The smallest absolute Gasteiger partial charge is 0.271 e. The molecule has 6 amide bonds. The molecule has 10 heterocycles. The number of aromatic nitrogens is 7. The van der Waals surface area contributed by atoms with Crippen molar-refractivity contribution < 1.29 is 48.5 Å². The molecule has 2 saturated heterocycles. The Morgan fingerprint density at radius 3 is 2.11 bits per heavy atom. The molecule has 0 aliphatic carbocycles. The normalized spacial score (nSPS) is 20.5. The summed E-state index contributed by atoms with van der Waals surface area (Å²) < 4.78 is 11.6. The van der Waals surface area contributed by atoms with E-state index >= 15 is 4.79 Å². The molecule has 0 spiro atoms. The number of primary amides is 2. The van der Waals surface area contributed by atoms with E-state index in [9.17, 15) is 34.2 Å². The second-order valence-corrected chi connectivity index (χ2v) is 26.8. The number of hydrogen-bond donors (Lipinski definition) is 7. The predicted molar refractivity (Wildman–Crippen MR) is 336 cm³/mol. The van der Waals surface area contributed by atoms with Gasteiger partial charge in [0.2, 0.25) is 11.8 Å². The van der Waals surface area contributed by atoms with Gasteiger partial charge in [-0.1, -0.05) is 49.4 Å². The van der Waals surface area contributed by atoms with Crippen LogP contribution < -0.4 is 32.2 Å². The average Bonchev–Trinajstić information content (AvgIpc) is 4.46. The van der Waals surface area contributed by atoms with Gasteiger partial charge in [0, 0.05) is 75.9 Å². The van der Waals surface area contributed by atoms with Crippen molar-refractivity contribution in [2.75, 3.05) is 46.0 Å². The maximum Gasteiger partial charge on any atom is 0.271 e. The van der Waals surface area contributed by atoms with Gasteiger partial charge < -0.3 is 52.0 Å². The highest BCUT2D eigenvalue weighted by Crippen LogP contribution is 2.43. The number of benzene rings is 2. The van der Waals surface area contributed by atoms with Gasteiger partial charge in [-0.25, -0.2) is 34.9 Å². The Labute approximate surface area is 532 Å². The summed E-state index contributed by atoms with van der Waals surface area (Å²) in [5.74, 6) is -3.97. The first-order valence-electron chi connectivity index (χ1n) is 28.0. The highest BCUT2D eigenvalue weighted by molar-refractivity contribution is 7.15. The molecule has 30 heteroatoms. The van der Waals surface area contributed by atoms with E-state index in [4.69, 9.17) is 45.9 Å². The van der Waals surface area contributed by atoms with E-state index in [0.29, 0.717) is 89.9 Å². The Hall–Kier alpha value is -8.17. The maximum absolute atomic E-state index is 15.4. The molecular formula is C59H56N14O10S6. The lowest BCUT2D eigenvalue weighted by Gasteiger charge is -2.29. The summed E-state index contributed by atoms with van der Waals surface area (Å²) in [5.41, 5.74) is 14.5. The fourth-order valence-corrected chi connectivity index (χ4v) is 15.8. The van der Waals surface area contributed by atoms with E-state index in [0.717, 1.165) is 53.6 Å². The van der Waals surface area contributed by atoms with Gasteiger partial charge in [-0.3, -0.25) is 33.7 Å². The zero-order chi connectivity index (χ0) is 62.0. The summed E-state index contributed by atoms with van der Waals surface area (Å²) in [6, 6.07) is 15.0. The molecule has 9 N–H and O–H groups in total. The Morgan fingerprint density at radius 1 is 0.697 bits per heavy atom. The van der Waals surface area contributed by atoms with Crippen LogP contribution in [-0.2, 0) is 20.7 Å². The first-order valence-corrected chi connectivity index (χ1v) is 33.2. The topological polar surface area (TPSA) is 346 Å². The monoisotopic (exact) mass is 1310 g/mol. The number of pyridine rings is 1. The number of amides is 6. The molecule has 458 valence electrons. The van der Waals surface area contributed by atoms with Crippen LogP contribution in [0.25, 0.3) is 43.4 Å². The summed E-state index contributed by atoms with van der Waals surface area (Å²) >= 11 is 6.97. The van der Waals surface area contributed by atoms with Crippen LogP contribution in [-0.4, -0.2) is 148 Å². The number of aryl methyl sites for hydroxylation is 1. The van der Waals surface area contributed by atoms with E-state index in [-0.39, 0.29) is 45.8 Å². The molecule has 2 fully saturated rings. The second kappa shape index (κ2) is 26.5. The summed E-state index contributed by atoms with van der Waals surface area (Å²) in [7, 11) is 0. The number of thiazole rings is 6. The van der Waals surface area contributed by atoms with Crippen molar-refractivity contribution in [2.24, 2.45) is 17.4 Å². The van der Waals surface area contributed by atoms with Crippen molar-refractivity contribution in [1.82, 2.24) is 60.6 Å². The molecule has 0 unspecified atom stereocenters. The average molecular weight is 1310 g/mol. The molecule has 2 aromatic carbocycles. The highest BCUT2D eigenvalue weighted by Gasteiger charge is 2.45. The molecule has 12 rings (SSSR count). The zero-order valence-electron chi connectivity index (χ0n) is 47.4. The second-order valence-electron chi connectivity index (χ2n) is 21.2. The Balaban J connectivity index is 0.931. The Bertz CT molecular complexity index is 4100. The van der Waals surface area contributed by atoms with Crippen LogP contribution in [0.3, 0.4) is 0 Å². The van der Waals surface area contributed by atoms with Crippen LogP contribution in [0.4, 0.5) is 0 Å².